The molecule has 0 radical (unpaired) electrons. The van der Waals surface area contributed by atoms with E-state index in [4.69, 9.17) is 10.5 Å². The van der Waals surface area contributed by atoms with E-state index < -0.39 is 12.1 Å². The van der Waals surface area contributed by atoms with E-state index in [0.717, 1.165) is 41.1 Å². The molecule has 1 fully saturated rings. The number of rotatable bonds is 7. The third-order valence-electron chi connectivity index (χ3n) is 6.33. The Balaban J connectivity index is 1.49. The first-order valence-electron chi connectivity index (χ1n) is 11.6. The predicted molar refractivity (Wildman–Crippen MR) is 134 cm³/mol. The van der Waals surface area contributed by atoms with Crippen molar-refractivity contribution < 1.29 is 19.4 Å². The highest BCUT2D eigenvalue weighted by Gasteiger charge is 2.19. The summed E-state index contributed by atoms with van der Waals surface area (Å²) in [7, 11) is 0. The summed E-state index contributed by atoms with van der Waals surface area (Å²) in [6.07, 6.45) is 1.55. The Kier molecular flexibility index (Phi) is 6.35. The maximum Gasteiger partial charge on any atom is 0.411 e. The quantitative estimate of drug-likeness (QED) is 0.322. The van der Waals surface area contributed by atoms with E-state index in [9.17, 15) is 14.7 Å². The van der Waals surface area contributed by atoms with E-state index in [2.05, 4.69) is 15.6 Å². The maximum absolute atomic E-state index is 12.5. The Bertz CT molecular complexity index is 1410. The van der Waals surface area contributed by atoms with Gasteiger partial charge in [0.05, 0.1) is 12.2 Å². The molecule has 9 heteroatoms. The molecule has 5 rings (SSSR count). The van der Waals surface area contributed by atoms with Crippen LogP contribution in [-0.2, 0) is 17.8 Å². The van der Waals surface area contributed by atoms with Gasteiger partial charge in [0.1, 0.15) is 17.9 Å². The first-order valence-corrected chi connectivity index (χ1v) is 11.6. The third kappa shape index (κ3) is 4.82. The lowest BCUT2D eigenvalue weighted by Crippen LogP contribution is -2.29. The van der Waals surface area contributed by atoms with Crippen LogP contribution >= 0.6 is 0 Å². The van der Waals surface area contributed by atoms with E-state index in [1.165, 1.54) is 0 Å². The van der Waals surface area contributed by atoms with E-state index in [-0.39, 0.29) is 24.8 Å². The Morgan fingerprint density at radius 1 is 1.17 bits per heavy atom. The van der Waals surface area contributed by atoms with Gasteiger partial charge in [-0.1, -0.05) is 24.3 Å². The number of hydrogen-bond acceptors (Lipinski definition) is 6. The molecule has 0 saturated carbocycles. The van der Waals surface area contributed by atoms with Gasteiger partial charge in [0.15, 0.2) is 0 Å². The fraction of sp³-hybridized carbons (Fsp3) is 0.269. The molecule has 180 valence electrons. The maximum atomic E-state index is 12.5. The number of fused-ring (bicyclic) bond motifs is 2. The second-order valence-electron chi connectivity index (χ2n) is 8.71. The summed E-state index contributed by atoms with van der Waals surface area (Å²) < 4.78 is 7.08. The van der Waals surface area contributed by atoms with Crippen molar-refractivity contribution in [1.29, 1.82) is 0 Å². The van der Waals surface area contributed by atoms with Crippen molar-refractivity contribution in [2.75, 3.05) is 18.5 Å². The topological polar surface area (TPSA) is 132 Å². The molecule has 1 aliphatic heterocycles. The van der Waals surface area contributed by atoms with Crippen LogP contribution in [0.2, 0.25) is 0 Å². The summed E-state index contributed by atoms with van der Waals surface area (Å²) in [5.74, 6) is -1.04. The number of nitrogens with two attached hydrogens (primary N) is 1. The zero-order chi connectivity index (χ0) is 24.4. The van der Waals surface area contributed by atoms with E-state index >= 15 is 0 Å². The number of nitrogens with one attached hydrogen (secondary N) is 2. The fourth-order valence-electron chi connectivity index (χ4n) is 4.61. The van der Waals surface area contributed by atoms with Gasteiger partial charge in [-0.25, -0.2) is 14.6 Å². The molecule has 1 saturated heterocycles. The average Bonchev–Trinajstić information content (AvgIpc) is 3.50. The number of nitrogens with zero attached hydrogens (tertiary/aromatic N) is 2. The molecule has 35 heavy (non-hydrogen) atoms. The monoisotopic (exact) mass is 473 g/mol. The molecule has 2 aromatic heterocycles. The lowest BCUT2D eigenvalue weighted by atomic mass is 10.0. The Morgan fingerprint density at radius 2 is 2.03 bits per heavy atom. The number of aromatic nitrogens is 2. The van der Waals surface area contributed by atoms with Crippen molar-refractivity contribution in [2.45, 2.75) is 32.0 Å². The van der Waals surface area contributed by atoms with Crippen LogP contribution in [0.15, 0.2) is 54.6 Å². The first kappa shape index (κ1) is 22.8. The number of hydrogen-bond donors (Lipinski definition) is 4. The van der Waals surface area contributed by atoms with Crippen molar-refractivity contribution in [3.8, 4) is 0 Å². The SMILES string of the molecule is NCc1ccc2cc(C(=O)O)n(Cc3cc(NC(=O)OC[C@H]4CCCN4)cc4ccccc34)c2n1. The van der Waals surface area contributed by atoms with E-state index in [1.54, 1.807) is 16.7 Å². The number of carbonyl (C=O) groups is 2. The zero-order valence-electron chi connectivity index (χ0n) is 19.2. The predicted octanol–water partition coefficient (Wildman–Crippen LogP) is 3.70. The van der Waals surface area contributed by atoms with E-state index in [0.29, 0.717) is 23.6 Å². The number of anilines is 1. The minimum absolute atomic E-state index is 0.132. The van der Waals surface area contributed by atoms with Crippen LogP contribution in [0.4, 0.5) is 10.5 Å². The Hall–Kier alpha value is -3.95. The number of pyridine rings is 1. The summed E-state index contributed by atoms with van der Waals surface area (Å²) in [5.41, 5.74) is 8.55. The molecule has 3 heterocycles. The molecule has 1 aliphatic rings. The van der Waals surface area contributed by atoms with Crippen molar-refractivity contribution >= 4 is 39.6 Å². The number of aromatic carboxylic acids is 1. The first-order chi connectivity index (χ1) is 17.0. The van der Waals surface area contributed by atoms with Crippen LogP contribution in [0.1, 0.15) is 34.6 Å². The van der Waals surface area contributed by atoms with Crippen LogP contribution in [-0.4, -0.2) is 45.9 Å². The molecule has 4 aromatic rings. The molecule has 0 bridgehead atoms. The molecule has 0 aliphatic carbocycles. The molecular formula is C26H27N5O4. The highest BCUT2D eigenvalue weighted by Crippen LogP contribution is 2.28. The van der Waals surface area contributed by atoms with Gasteiger partial charge >= 0.3 is 12.1 Å². The number of carbonyl (C=O) groups excluding carboxylic acids is 1. The number of carboxylic acid groups (broad SMARTS) is 1. The number of carboxylic acids is 1. The molecule has 0 spiro atoms. The third-order valence-corrected chi connectivity index (χ3v) is 6.33. The molecular weight excluding hydrogens is 446 g/mol. The standard InChI is InChI=1S/C26H27N5O4/c27-13-19-8-7-17-12-23(25(32)33)31(24(17)29-19)14-18-11-21(10-16-4-1-2-6-22(16)18)30-26(34)35-15-20-5-3-9-28-20/h1-2,4,6-8,10-12,20,28H,3,5,9,13-15,27H2,(H,30,34)(H,32,33)/t20-/m1/s1. The van der Waals surface area contributed by atoms with Gasteiger partial charge in [0, 0.05) is 23.7 Å². The zero-order valence-corrected chi connectivity index (χ0v) is 19.2. The van der Waals surface area contributed by atoms with Gasteiger partial charge in [-0.15, -0.1) is 0 Å². The molecule has 5 N–H and O–H groups in total. The Labute approximate surface area is 201 Å². The van der Waals surface area contributed by atoms with Gasteiger partial charge < -0.3 is 25.5 Å². The summed E-state index contributed by atoms with van der Waals surface area (Å²) >= 11 is 0. The van der Waals surface area contributed by atoms with Crippen LogP contribution in [0.3, 0.4) is 0 Å². The van der Waals surface area contributed by atoms with Crippen molar-refractivity contribution in [3.63, 3.8) is 0 Å². The second-order valence-corrected chi connectivity index (χ2v) is 8.71. The van der Waals surface area contributed by atoms with Gasteiger partial charge in [-0.05, 0) is 66.1 Å². The van der Waals surface area contributed by atoms with Crippen molar-refractivity contribution in [1.82, 2.24) is 14.9 Å². The van der Waals surface area contributed by atoms with Gasteiger partial charge in [-0.3, -0.25) is 5.32 Å². The molecule has 2 aromatic carbocycles. The van der Waals surface area contributed by atoms with Gasteiger partial charge in [-0.2, -0.15) is 0 Å². The minimum atomic E-state index is -1.04. The highest BCUT2D eigenvalue weighted by atomic mass is 16.5. The smallest absolute Gasteiger partial charge is 0.411 e. The normalized spacial score (nSPS) is 15.5. The fourth-order valence-corrected chi connectivity index (χ4v) is 4.61. The van der Waals surface area contributed by atoms with Crippen LogP contribution in [0.25, 0.3) is 21.8 Å². The van der Waals surface area contributed by atoms with Crippen molar-refractivity contribution in [2.24, 2.45) is 5.73 Å². The number of amides is 1. The number of ether oxygens (including phenoxy) is 1. The largest absolute Gasteiger partial charge is 0.477 e. The summed E-state index contributed by atoms with van der Waals surface area (Å²) in [6, 6.07) is 16.9. The second kappa shape index (κ2) is 9.73. The molecule has 1 atom stereocenters. The average molecular weight is 474 g/mol. The van der Waals surface area contributed by atoms with E-state index in [1.807, 2.05) is 42.5 Å². The summed E-state index contributed by atoms with van der Waals surface area (Å²) in [5, 5.41) is 18.6. The lowest BCUT2D eigenvalue weighted by Gasteiger charge is -2.15. The van der Waals surface area contributed by atoms with Crippen LogP contribution < -0.4 is 16.4 Å². The molecule has 9 nitrogen and oxygen atoms in total. The van der Waals surface area contributed by atoms with Crippen LogP contribution in [0, 0.1) is 0 Å². The van der Waals surface area contributed by atoms with Crippen molar-refractivity contribution in [3.05, 3.63) is 71.5 Å². The summed E-state index contributed by atoms with van der Waals surface area (Å²) in [6.45, 7) is 1.77. The minimum Gasteiger partial charge on any atom is -0.477 e. The van der Waals surface area contributed by atoms with Gasteiger partial charge in [0.2, 0.25) is 0 Å². The van der Waals surface area contributed by atoms with Crippen LogP contribution in [0.5, 0.6) is 0 Å². The highest BCUT2D eigenvalue weighted by molar-refractivity contribution is 5.95. The molecule has 0 unspecified atom stereocenters. The molecule has 1 amide bonds. The lowest BCUT2D eigenvalue weighted by molar-refractivity contribution is 0.0686. The number of benzene rings is 2. The summed E-state index contributed by atoms with van der Waals surface area (Å²) in [4.78, 5) is 29.1. The Morgan fingerprint density at radius 3 is 2.80 bits per heavy atom. The van der Waals surface area contributed by atoms with Gasteiger partial charge in [0.25, 0.3) is 0 Å².